The molecule has 0 aliphatic heterocycles. The van der Waals surface area contributed by atoms with Crippen LogP contribution in [0.3, 0.4) is 0 Å². The van der Waals surface area contributed by atoms with Gasteiger partial charge in [-0.25, -0.2) is 0 Å². The van der Waals surface area contributed by atoms with Crippen LogP contribution in [0.1, 0.15) is 40.2 Å². The maximum atomic E-state index is 5.61. The number of hydrogen-bond acceptors (Lipinski definition) is 2. The molecular formula is C16H23Br2NO. The Hall–Kier alpha value is -0.0600. The van der Waals surface area contributed by atoms with Crippen molar-refractivity contribution in [2.75, 3.05) is 6.61 Å². The van der Waals surface area contributed by atoms with Crippen LogP contribution in [0, 0.1) is 10.8 Å². The van der Waals surface area contributed by atoms with Crippen molar-refractivity contribution < 1.29 is 4.74 Å². The average Bonchev–Trinajstić information content (AvgIpc) is 2.72. The quantitative estimate of drug-likeness (QED) is 0.733. The largest absolute Gasteiger partial charge is 0.492 e. The molecule has 2 rings (SSSR count). The van der Waals surface area contributed by atoms with Crippen molar-refractivity contribution in [3.63, 3.8) is 0 Å². The predicted molar refractivity (Wildman–Crippen MR) is 91.2 cm³/mol. The van der Waals surface area contributed by atoms with Crippen LogP contribution in [0.2, 0.25) is 0 Å². The molecule has 0 bridgehead atoms. The Labute approximate surface area is 138 Å². The third-order valence-electron chi connectivity index (χ3n) is 4.88. The highest BCUT2D eigenvalue weighted by Crippen LogP contribution is 2.62. The molecule has 0 unspecified atom stereocenters. The Morgan fingerprint density at radius 3 is 2.00 bits per heavy atom. The topological polar surface area (TPSA) is 21.3 Å². The number of nitrogens with one attached hydrogen (secondary N) is 1. The summed E-state index contributed by atoms with van der Waals surface area (Å²) in [6.45, 7) is 12.8. The number of hydrogen-bond donors (Lipinski definition) is 1. The first-order valence-corrected chi connectivity index (χ1v) is 8.64. The van der Waals surface area contributed by atoms with E-state index in [0.29, 0.717) is 23.5 Å². The van der Waals surface area contributed by atoms with Gasteiger partial charge in [0, 0.05) is 12.6 Å². The van der Waals surface area contributed by atoms with Gasteiger partial charge in [-0.15, -0.1) is 0 Å². The summed E-state index contributed by atoms with van der Waals surface area (Å²) >= 11 is 7.17. The van der Waals surface area contributed by atoms with E-state index in [4.69, 9.17) is 4.74 Å². The van der Waals surface area contributed by atoms with Crippen molar-refractivity contribution in [1.82, 2.24) is 5.32 Å². The molecule has 112 valence electrons. The number of halogens is 2. The van der Waals surface area contributed by atoms with Crippen LogP contribution in [-0.2, 0) is 6.54 Å². The predicted octanol–water partition coefficient (Wildman–Crippen LogP) is 5.13. The van der Waals surface area contributed by atoms with E-state index in [1.165, 1.54) is 5.56 Å². The fourth-order valence-corrected chi connectivity index (χ4v) is 4.43. The van der Waals surface area contributed by atoms with Crippen LogP contribution in [0.4, 0.5) is 0 Å². The Kier molecular flexibility index (Phi) is 4.58. The molecule has 0 saturated heterocycles. The Morgan fingerprint density at radius 1 is 1.10 bits per heavy atom. The third-order valence-corrected chi connectivity index (χ3v) is 6.06. The molecule has 1 N–H and O–H groups in total. The summed E-state index contributed by atoms with van der Waals surface area (Å²) in [7, 11) is 0. The SMILES string of the molecule is CCOc1c(Br)cc(CNC2C(C)(C)C2(C)C)cc1Br. The van der Waals surface area contributed by atoms with E-state index in [-0.39, 0.29) is 0 Å². The summed E-state index contributed by atoms with van der Waals surface area (Å²) in [5, 5.41) is 3.68. The summed E-state index contributed by atoms with van der Waals surface area (Å²) in [6.07, 6.45) is 0. The molecular weight excluding hydrogens is 382 g/mol. The molecule has 0 aromatic heterocycles. The smallest absolute Gasteiger partial charge is 0.147 e. The van der Waals surface area contributed by atoms with Gasteiger partial charge >= 0.3 is 0 Å². The van der Waals surface area contributed by atoms with Crippen LogP contribution in [-0.4, -0.2) is 12.6 Å². The molecule has 0 radical (unpaired) electrons. The van der Waals surface area contributed by atoms with E-state index in [1.54, 1.807) is 0 Å². The molecule has 0 atom stereocenters. The van der Waals surface area contributed by atoms with Gasteiger partial charge in [0.15, 0.2) is 0 Å². The van der Waals surface area contributed by atoms with Crippen LogP contribution in [0.25, 0.3) is 0 Å². The molecule has 1 aliphatic rings. The van der Waals surface area contributed by atoms with Gasteiger partial charge in [-0.05, 0) is 67.3 Å². The number of benzene rings is 1. The summed E-state index contributed by atoms with van der Waals surface area (Å²) < 4.78 is 7.61. The minimum absolute atomic E-state index is 0.368. The lowest BCUT2D eigenvalue weighted by Gasteiger charge is -2.12. The molecule has 2 nitrogen and oxygen atoms in total. The lowest BCUT2D eigenvalue weighted by molar-refractivity contribution is 0.336. The van der Waals surface area contributed by atoms with Crippen LogP contribution in [0.15, 0.2) is 21.1 Å². The first kappa shape index (κ1) is 16.3. The second-order valence-corrected chi connectivity index (χ2v) is 8.29. The third kappa shape index (κ3) is 2.79. The highest BCUT2D eigenvalue weighted by atomic mass is 79.9. The van der Waals surface area contributed by atoms with Gasteiger partial charge in [0.1, 0.15) is 5.75 Å². The first-order chi connectivity index (χ1) is 9.21. The van der Waals surface area contributed by atoms with Crippen molar-refractivity contribution in [3.8, 4) is 5.75 Å². The van der Waals surface area contributed by atoms with Crippen molar-refractivity contribution in [2.24, 2.45) is 10.8 Å². The maximum Gasteiger partial charge on any atom is 0.147 e. The second kappa shape index (κ2) is 5.62. The molecule has 4 heteroatoms. The highest BCUT2D eigenvalue weighted by molar-refractivity contribution is 9.11. The van der Waals surface area contributed by atoms with Gasteiger partial charge in [-0.1, -0.05) is 27.7 Å². The standard InChI is InChI=1S/C16H23Br2NO/c1-6-20-13-11(17)7-10(8-12(13)18)9-19-14-15(2,3)16(14,4)5/h7-8,14,19H,6,9H2,1-5H3. The van der Waals surface area contributed by atoms with Crippen molar-refractivity contribution in [2.45, 2.75) is 47.2 Å². The Bertz CT molecular complexity index is 474. The molecule has 1 fully saturated rings. The summed E-state index contributed by atoms with van der Waals surface area (Å²) in [6, 6.07) is 4.83. The van der Waals surface area contributed by atoms with E-state index in [9.17, 15) is 0 Å². The number of ether oxygens (including phenoxy) is 1. The normalized spacial score (nSPS) is 19.9. The van der Waals surface area contributed by atoms with Crippen molar-refractivity contribution in [1.29, 1.82) is 0 Å². The van der Waals surface area contributed by atoms with E-state index >= 15 is 0 Å². The zero-order valence-electron chi connectivity index (χ0n) is 12.8. The van der Waals surface area contributed by atoms with E-state index in [2.05, 4.69) is 77.0 Å². The molecule has 1 aromatic rings. The molecule has 20 heavy (non-hydrogen) atoms. The summed E-state index contributed by atoms with van der Waals surface area (Å²) in [5.41, 5.74) is 1.99. The van der Waals surface area contributed by atoms with Gasteiger partial charge in [-0.2, -0.15) is 0 Å². The lowest BCUT2D eigenvalue weighted by Crippen LogP contribution is -2.21. The summed E-state index contributed by atoms with van der Waals surface area (Å²) in [5.74, 6) is 0.878. The van der Waals surface area contributed by atoms with E-state index in [0.717, 1.165) is 21.2 Å². The Balaban J connectivity index is 2.05. The van der Waals surface area contributed by atoms with Gasteiger partial charge in [-0.3, -0.25) is 0 Å². The van der Waals surface area contributed by atoms with Crippen LogP contribution in [0.5, 0.6) is 5.75 Å². The molecule has 0 spiro atoms. The minimum atomic E-state index is 0.368. The maximum absolute atomic E-state index is 5.61. The molecule has 0 heterocycles. The molecule has 1 saturated carbocycles. The van der Waals surface area contributed by atoms with Gasteiger partial charge in [0.05, 0.1) is 15.6 Å². The zero-order valence-corrected chi connectivity index (χ0v) is 16.0. The number of rotatable bonds is 5. The average molecular weight is 405 g/mol. The molecule has 1 aliphatic carbocycles. The summed E-state index contributed by atoms with van der Waals surface area (Å²) in [4.78, 5) is 0. The van der Waals surface area contributed by atoms with Gasteiger partial charge in [0.25, 0.3) is 0 Å². The molecule has 0 amide bonds. The van der Waals surface area contributed by atoms with E-state index < -0.39 is 0 Å². The van der Waals surface area contributed by atoms with Crippen molar-refractivity contribution in [3.05, 3.63) is 26.6 Å². The Morgan fingerprint density at radius 2 is 1.60 bits per heavy atom. The molecule has 1 aromatic carbocycles. The van der Waals surface area contributed by atoms with Crippen LogP contribution >= 0.6 is 31.9 Å². The fraction of sp³-hybridized carbons (Fsp3) is 0.625. The van der Waals surface area contributed by atoms with Crippen LogP contribution < -0.4 is 10.1 Å². The first-order valence-electron chi connectivity index (χ1n) is 7.06. The fourth-order valence-electron chi connectivity index (χ4n) is 2.92. The highest BCUT2D eigenvalue weighted by Gasteiger charge is 2.64. The van der Waals surface area contributed by atoms with Gasteiger partial charge < -0.3 is 10.1 Å². The second-order valence-electron chi connectivity index (χ2n) is 6.58. The van der Waals surface area contributed by atoms with Crippen molar-refractivity contribution >= 4 is 31.9 Å². The monoisotopic (exact) mass is 403 g/mol. The van der Waals surface area contributed by atoms with E-state index in [1.807, 2.05) is 6.92 Å². The zero-order chi connectivity index (χ0) is 15.1. The lowest BCUT2D eigenvalue weighted by atomic mass is 10.0. The van der Waals surface area contributed by atoms with Gasteiger partial charge in [0.2, 0.25) is 0 Å². The minimum Gasteiger partial charge on any atom is -0.492 e.